The molecule has 0 aliphatic heterocycles. The number of anilines is 2. The molecular formula is C20H31FN6O3. The number of hydrogen-bond acceptors (Lipinski definition) is 6. The Morgan fingerprint density at radius 2 is 1.73 bits per heavy atom. The summed E-state index contributed by atoms with van der Waals surface area (Å²) in [5.41, 5.74) is 5.08. The Morgan fingerprint density at radius 1 is 1.10 bits per heavy atom. The van der Waals surface area contributed by atoms with E-state index in [0.29, 0.717) is 18.2 Å². The van der Waals surface area contributed by atoms with Crippen LogP contribution in [0.25, 0.3) is 0 Å². The molecule has 3 rings (SSSR count). The molecule has 1 heterocycles. The molecule has 1 atom stereocenters. The Balaban J connectivity index is 1.63. The van der Waals surface area contributed by atoms with Crippen LogP contribution < -0.4 is 21.5 Å². The van der Waals surface area contributed by atoms with E-state index in [2.05, 4.69) is 31.5 Å². The number of halogens is 1. The first-order valence-corrected chi connectivity index (χ1v) is 10.8. The number of rotatable bonds is 9. The lowest BCUT2D eigenvalue weighted by atomic mass is 9.92. The third kappa shape index (κ3) is 6.17. The van der Waals surface area contributed by atoms with Crippen LogP contribution in [0.1, 0.15) is 63.6 Å². The molecule has 0 spiro atoms. The maximum absolute atomic E-state index is 14.8. The number of carboxylic acid groups (broad SMARTS) is 1. The Labute approximate surface area is 175 Å². The zero-order chi connectivity index (χ0) is 21.5. The van der Waals surface area contributed by atoms with Crippen LogP contribution in [0.15, 0.2) is 0 Å². The highest BCUT2D eigenvalue weighted by molar-refractivity contribution is 5.80. The zero-order valence-corrected chi connectivity index (χ0v) is 17.3. The van der Waals surface area contributed by atoms with E-state index in [1.807, 2.05) is 0 Å². The summed E-state index contributed by atoms with van der Waals surface area (Å²) < 4.78 is 14.8. The molecule has 1 aromatic rings. The Kier molecular flexibility index (Phi) is 7.64. The summed E-state index contributed by atoms with van der Waals surface area (Å²) >= 11 is 0. The average molecular weight is 423 g/mol. The second-order valence-electron chi connectivity index (χ2n) is 8.29. The van der Waals surface area contributed by atoms with Gasteiger partial charge >= 0.3 is 6.09 Å². The molecule has 2 aliphatic rings. The number of aryl methyl sites for hydroxylation is 1. The third-order valence-electron chi connectivity index (χ3n) is 5.93. The molecule has 10 heteroatoms. The second kappa shape index (κ2) is 10.4. The molecule has 2 saturated carbocycles. The molecular weight excluding hydrogens is 391 g/mol. The minimum atomic E-state index is -1.17. The summed E-state index contributed by atoms with van der Waals surface area (Å²) in [5.74, 6) is -0.789. The summed E-state index contributed by atoms with van der Waals surface area (Å²) in [6.07, 6.45) is 7.93. The zero-order valence-electron chi connectivity index (χ0n) is 17.3. The van der Waals surface area contributed by atoms with E-state index in [0.717, 1.165) is 51.4 Å². The normalized spacial score (nSPS) is 18.2. The fourth-order valence-electron chi connectivity index (χ4n) is 4.37. The van der Waals surface area contributed by atoms with Gasteiger partial charge in [0.1, 0.15) is 5.82 Å². The van der Waals surface area contributed by atoms with Gasteiger partial charge in [0.15, 0.2) is 11.6 Å². The van der Waals surface area contributed by atoms with Crippen LogP contribution in [0.5, 0.6) is 0 Å². The van der Waals surface area contributed by atoms with Crippen LogP contribution in [0.3, 0.4) is 0 Å². The number of aromatic nitrogens is 2. The second-order valence-corrected chi connectivity index (χ2v) is 8.29. The van der Waals surface area contributed by atoms with Crippen molar-refractivity contribution in [1.82, 2.24) is 20.7 Å². The molecule has 1 aromatic heterocycles. The van der Waals surface area contributed by atoms with Crippen LogP contribution in [-0.2, 0) is 4.79 Å². The van der Waals surface area contributed by atoms with E-state index < -0.39 is 23.7 Å². The van der Waals surface area contributed by atoms with Crippen LogP contribution in [0.2, 0.25) is 0 Å². The molecule has 30 heavy (non-hydrogen) atoms. The summed E-state index contributed by atoms with van der Waals surface area (Å²) in [4.78, 5) is 31.8. The lowest BCUT2D eigenvalue weighted by Crippen LogP contribution is -2.42. The topological polar surface area (TPSA) is 128 Å². The first-order valence-electron chi connectivity index (χ1n) is 10.8. The minimum Gasteiger partial charge on any atom is -0.465 e. The van der Waals surface area contributed by atoms with Crippen molar-refractivity contribution in [2.75, 3.05) is 17.3 Å². The van der Waals surface area contributed by atoms with Crippen LogP contribution >= 0.6 is 0 Å². The number of nitrogens with one attached hydrogen (secondary N) is 4. The van der Waals surface area contributed by atoms with Gasteiger partial charge in [-0.1, -0.05) is 38.5 Å². The van der Waals surface area contributed by atoms with Crippen molar-refractivity contribution in [2.24, 2.45) is 11.8 Å². The monoisotopic (exact) mass is 422 g/mol. The van der Waals surface area contributed by atoms with Gasteiger partial charge in [-0.2, -0.15) is 4.39 Å². The first kappa shape index (κ1) is 22.0. The predicted molar refractivity (Wildman–Crippen MR) is 110 cm³/mol. The number of hydrogen-bond donors (Lipinski definition) is 5. The molecule has 9 nitrogen and oxygen atoms in total. The van der Waals surface area contributed by atoms with Crippen molar-refractivity contribution in [2.45, 2.75) is 70.8 Å². The van der Waals surface area contributed by atoms with Crippen LogP contribution in [0, 0.1) is 24.6 Å². The highest BCUT2D eigenvalue weighted by atomic mass is 19.1. The fraction of sp³-hybridized carbons (Fsp3) is 0.700. The van der Waals surface area contributed by atoms with E-state index in [4.69, 9.17) is 5.11 Å². The molecule has 0 bridgehead atoms. The first-order chi connectivity index (χ1) is 14.4. The maximum atomic E-state index is 14.8. The van der Waals surface area contributed by atoms with Crippen molar-refractivity contribution in [3.8, 4) is 0 Å². The number of carbonyl (C=O) groups excluding carboxylic acids is 1. The van der Waals surface area contributed by atoms with Gasteiger partial charge in [-0.25, -0.2) is 14.8 Å². The van der Waals surface area contributed by atoms with Crippen LogP contribution in [-0.4, -0.2) is 39.7 Å². The molecule has 2 fully saturated rings. The number of carbonyl (C=O) groups is 2. The van der Waals surface area contributed by atoms with E-state index in [-0.39, 0.29) is 24.2 Å². The standard InChI is InChI=1S/C20H31FN6O3/c1-12-23-17(25-15-8-4-5-9-15)16(21)18(24-12)26-27-19(28)14(11-22-20(29)30)10-13-6-2-3-7-13/h13-15,22H,2-11H2,1H3,(H,27,28)(H,29,30)(H2,23,24,25,26)/t14-/m1/s1. The highest BCUT2D eigenvalue weighted by Gasteiger charge is 2.26. The van der Waals surface area contributed by atoms with Gasteiger partial charge in [0.25, 0.3) is 0 Å². The average Bonchev–Trinajstić information content (AvgIpc) is 3.40. The van der Waals surface area contributed by atoms with Gasteiger partial charge in [-0.15, -0.1) is 0 Å². The summed E-state index contributed by atoms with van der Waals surface area (Å²) in [5, 5.41) is 14.3. The van der Waals surface area contributed by atoms with Crippen molar-refractivity contribution < 1.29 is 19.1 Å². The van der Waals surface area contributed by atoms with E-state index in [1.165, 1.54) is 0 Å². The molecule has 2 amide bonds. The number of amides is 2. The lowest BCUT2D eigenvalue weighted by molar-refractivity contribution is -0.124. The summed E-state index contributed by atoms with van der Waals surface area (Å²) in [6, 6.07) is 0.189. The molecule has 5 N–H and O–H groups in total. The highest BCUT2D eigenvalue weighted by Crippen LogP contribution is 2.30. The van der Waals surface area contributed by atoms with Crippen molar-refractivity contribution >= 4 is 23.6 Å². The van der Waals surface area contributed by atoms with Gasteiger partial charge in [-0.3, -0.25) is 15.6 Å². The predicted octanol–water partition coefficient (Wildman–Crippen LogP) is 3.19. The van der Waals surface area contributed by atoms with E-state index in [9.17, 15) is 14.0 Å². The molecule has 166 valence electrons. The Hall–Kier alpha value is -2.65. The van der Waals surface area contributed by atoms with E-state index in [1.54, 1.807) is 6.92 Å². The molecule has 0 saturated heterocycles. The fourth-order valence-corrected chi connectivity index (χ4v) is 4.37. The third-order valence-corrected chi connectivity index (χ3v) is 5.93. The number of nitrogens with zero attached hydrogens (tertiary/aromatic N) is 2. The maximum Gasteiger partial charge on any atom is 0.404 e. The van der Waals surface area contributed by atoms with Gasteiger partial charge < -0.3 is 15.7 Å². The van der Waals surface area contributed by atoms with Crippen LogP contribution in [0.4, 0.5) is 20.8 Å². The SMILES string of the molecule is Cc1nc(NNC(=O)[C@@H](CNC(=O)O)CC2CCCC2)c(F)c(NC2CCCC2)n1. The van der Waals surface area contributed by atoms with E-state index >= 15 is 0 Å². The molecule has 0 radical (unpaired) electrons. The van der Waals surface area contributed by atoms with Gasteiger partial charge in [0, 0.05) is 12.6 Å². The summed E-state index contributed by atoms with van der Waals surface area (Å²) in [6.45, 7) is 1.67. The lowest BCUT2D eigenvalue weighted by Gasteiger charge is -2.21. The smallest absolute Gasteiger partial charge is 0.404 e. The van der Waals surface area contributed by atoms with Gasteiger partial charge in [0.2, 0.25) is 11.7 Å². The molecule has 2 aliphatic carbocycles. The minimum absolute atomic E-state index is 0.0130. The number of hydrazine groups is 1. The van der Waals surface area contributed by atoms with Crippen molar-refractivity contribution in [3.63, 3.8) is 0 Å². The Morgan fingerprint density at radius 3 is 2.40 bits per heavy atom. The van der Waals surface area contributed by atoms with Crippen molar-refractivity contribution in [3.05, 3.63) is 11.6 Å². The van der Waals surface area contributed by atoms with Gasteiger partial charge in [-0.05, 0) is 32.1 Å². The quantitative estimate of drug-likeness (QED) is 0.387. The largest absolute Gasteiger partial charge is 0.465 e. The van der Waals surface area contributed by atoms with Gasteiger partial charge in [0.05, 0.1) is 5.92 Å². The van der Waals surface area contributed by atoms with Crippen molar-refractivity contribution in [1.29, 1.82) is 0 Å². The summed E-state index contributed by atoms with van der Waals surface area (Å²) in [7, 11) is 0. The molecule has 0 aromatic carbocycles. The Bertz CT molecular complexity index is 750. The molecule has 0 unspecified atom stereocenters.